The molecule has 0 aliphatic carbocycles. The predicted molar refractivity (Wildman–Crippen MR) is 68.5 cm³/mol. The van der Waals surface area contributed by atoms with Gasteiger partial charge in [0.05, 0.1) is 5.41 Å². The van der Waals surface area contributed by atoms with Crippen molar-refractivity contribution in [1.29, 1.82) is 0 Å². The molecule has 0 aromatic rings. The fraction of sp³-hybridized carbons (Fsp3) is 0.909. The molecular weight excluding hydrogens is 240 g/mol. The highest BCUT2D eigenvalue weighted by Crippen LogP contribution is 2.29. The van der Waals surface area contributed by atoms with E-state index in [0.29, 0.717) is 5.92 Å². The summed E-state index contributed by atoms with van der Waals surface area (Å²) in [6, 6.07) is 0. The summed E-state index contributed by atoms with van der Waals surface area (Å²) >= 11 is 0. The molecule has 2 heterocycles. The maximum absolute atomic E-state index is 10.6. The summed E-state index contributed by atoms with van der Waals surface area (Å²) in [5.74, 6) is 1.31. The summed E-state index contributed by atoms with van der Waals surface area (Å²) in [6.07, 6.45) is 0. The number of nitrogens with one attached hydrogen (secondary N) is 2. The fourth-order valence-electron chi connectivity index (χ4n) is 1.57. The Hall–Kier alpha value is -0.460. The molecule has 2 aliphatic rings. The minimum absolute atomic E-state index is 0.310. The quantitative estimate of drug-likeness (QED) is 0.634. The van der Waals surface area contributed by atoms with Crippen LogP contribution in [0, 0.1) is 11.3 Å². The van der Waals surface area contributed by atoms with Crippen LogP contribution in [0.4, 0.5) is 0 Å². The standard InChI is InChI=1S/C7H13NO2.C4H9NOS/c1-7(2,6(9)10)5-3-8-4-5;6-7-3-1-5-2-4-7/h5,8H,3-4H2,1-2H3,(H,9,10);5H,1-4H2. The first-order valence-electron chi connectivity index (χ1n) is 5.94. The summed E-state index contributed by atoms with van der Waals surface area (Å²) in [5.41, 5.74) is -0.550. The highest BCUT2D eigenvalue weighted by Gasteiger charge is 2.39. The molecule has 0 spiro atoms. The van der Waals surface area contributed by atoms with Gasteiger partial charge in [-0.3, -0.25) is 9.00 Å². The van der Waals surface area contributed by atoms with Crippen molar-refractivity contribution in [2.45, 2.75) is 13.8 Å². The Balaban J connectivity index is 0.000000181. The van der Waals surface area contributed by atoms with Gasteiger partial charge in [-0.25, -0.2) is 0 Å². The van der Waals surface area contributed by atoms with Crippen LogP contribution in [0.15, 0.2) is 0 Å². The molecule has 2 saturated heterocycles. The number of hydrogen-bond acceptors (Lipinski definition) is 4. The van der Waals surface area contributed by atoms with E-state index >= 15 is 0 Å². The van der Waals surface area contributed by atoms with Crippen LogP contribution in [0.5, 0.6) is 0 Å². The first-order chi connectivity index (χ1) is 7.94. The Morgan fingerprint density at radius 3 is 1.94 bits per heavy atom. The van der Waals surface area contributed by atoms with E-state index in [2.05, 4.69) is 10.6 Å². The van der Waals surface area contributed by atoms with Gasteiger partial charge in [0.1, 0.15) is 0 Å². The van der Waals surface area contributed by atoms with E-state index in [1.165, 1.54) is 0 Å². The molecule has 2 fully saturated rings. The van der Waals surface area contributed by atoms with Gasteiger partial charge in [-0.05, 0) is 19.8 Å². The maximum Gasteiger partial charge on any atom is 0.309 e. The van der Waals surface area contributed by atoms with Crippen molar-refractivity contribution in [3.05, 3.63) is 0 Å². The van der Waals surface area contributed by atoms with Crippen LogP contribution in [0.25, 0.3) is 0 Å². The van der Waals surface area contributed by atoms with Gasteiger partial charge < -0.3 is 15.7 Å². The van der Waals surface area contributed by atoms with Gasteiger partial charge in [0, 0.05) is 48.5 Å². The van der Waals surface area contributed by atoms with Crippen LogP contribution >= 0.6 is 0 Å². The molecule has 0 unspecified atom stereocenters. The zero-order valence-corrected chi connectivity index (χ0v) is 11.3. The molecule has 0 bridgehead atoms. The van der Waals surface area contributed by atoms with Gasteiger partial charge in [-0.2, -0.15) is 0 Å². The van der Waals surface area contributed by atoms with Gasteiger partial charge in [-0.1, -0.05) is 0 Å². The molecule has 0 radical (unpaired) electrons. The number of carbonyl (C=O) groups is 1. The van der Waals surface area contributed by atoms with Crippen LogP contribution < -0.4 is 10.6 Å². The Kier molecular flexibility index (Phi) is 5.55. The Morgan fingerprint density at radius 2 is 1.76 bits per heavy atom. The molecule has 3 N–H and O–H groups in total. The van der Waals surface area contributed by atoms with Crippen LogP contribution in [-0.2, 0) is 15.6 Å². The Bertz CT molecular complexity index is 282. The third-order valence-electron chi connectivity index (χ3n) is 3.37. The summed E-state index contributed by atoms with van der Waals surface area (Å²) in [7, 11) is -0.503. The molecular formula is C11H22N2O3S. The monoisotopic (exact) mass is 262 g/mol. The minimum atomic E-state index is -0.695. The third-order valence-corrected chi connectivity index (χ3v) is 4.69. The second-order valence-corrected chi connectivity index (χ2v) is 6.68. The fourth-order valence-corrected chi connectivity index (χ4v) is 2.52. The third kappa shape index (κ3) is 4.37. The Morgan fingerprint density at radius 1 is 1.24 bits per heavy atom. The lowest BCUT2D eigenvalue weighted by molar-refractivity contribution is -0.151. The van der Waals surface area contributed by atoms with Crippen molar-refractivity contribution < 1.29 is 14.1 Å². The number of hydrogen-bond donors (Lipinski definition) is 3. The summed E-state index contributed by atoms with van der Waals surface area (Å²) < 4.78 is 10.5. The van der Waals surface area contributed by atoms with Crippen molar-refractivity contribution in [3.63, 3.8) is 0 Å². The molecule has 5 nitrogen and oxygen atoms in total. The van der Waals surface area contributed by atoms with Crippen molar-refractivity contribution in [1.82, 2.24) is 10.6 Å². The summed E-state index contributed by atoms with van der Waals surface area (Å²) in [5, 5.41) is 14.9. The summed E-state index contributed by atoms with van der Waals surface area (Å²) in [4.78, 5) is 10.6. The number of carboxylic acid groups (broad SMARTS) is 1. The normalized spacial score (nSPS) is 22.2. The molecule has 17 heavy (non-hydrogen) atoms. The largest absolute Gasteiger partial charge is 0.481 e. The van der Waals surface area contributed by atoms with Crippen molar-refractivity contribution in [2.75, 3.05) is 37.7 Å². The average molecular weight is 262 g/mol. The van der Waals surface area contributed by atoms with E-state index < -0.39 is 22.2 Å². The minimum Gasteiger partial charge on any atom is -0.481 e. The first kappa shape index (κ1) is 14.6. The molecule has 0 aromatic carbocycles. The van der Waals surface area contributed by atoms with Crippen LogP contribution in [0.2, 0.25) is 0 Å². The summed E-state index contributed by atoms with van der Waals surface area (Å²) in [6.45, 7) is 7.12. The van der Waals surface area contributed by atoms with Gasteiger partial charge in [0.15, 0.2) is 0 Å². The molecule has 2 rings (SSSR count). The molecule has 0 atom stereocenters. The number of aliphatic carboxylic acids is 1. The molecule has 100 valence electrons. The lowest BCUT2D eigenvalue weighted by Crippen LogP contribution is -2.52. The molecule has 6 heteroatoms. The second-order valence-electron chi connectivity index (χ2n) is 4.98. The van der Waals surface area contributed by atoms with Crippen molar-refractivity contribution in [2.24, 2.45) is 11.3 Å². The highest BCUT2D eigenvalue weighted by molar-refractivity contribution is 7.85. The van der Waals surface area contributed by atoms with Gasteiger partial charge >= 0.3 is 5.97 Å². The van der Waals surface area contributed by atoms with E-state index in [4.69, 9.17) is 5.11 Å². The van der Waals surface area contributed by atoms with Gasteiger partial charge in [0.25, 0.3) is 0 Å². The van der Waals surface area contributed by atoms with E-state index in [0.717, 1.165) is 37.7 Å². The van der Waals surface area contributed by atoms with Crippen molar-refractivity contribution >= 4 is 16.8 Å². The Labute approximate surface area is 105 Å². The van der Waals surface area contributed by atoms with Crippen molar-refractivity contribution in [3.8, 4) is 0 Å². The molecule has 0 amide bonds. The molecule has 0 aromatic heterocycles. The van der Waals surface area contributed by atoms with Gasteiger partial charge in [0.2, 0.25) is 0 Å². The molecule has 0 saturated carbocycles. The average Bonchev–Trinajstić information content (AvgIpc) is 2.16. The van der Waals surface area contributed by atoms with Gasteiger partial charge in [-0.15, -0.1) is 0 Å². The topological polar surface area (TPSA) is 78.4 Å². The maximum atomic E-state index is 10.6. The van der Waals surface area contributed by atoms with E-state index in [9.17, 15) is 9.00 Å². The van der Waals surface area contributed by atoms with E-state index in [1.54, 1.807) is 13.8 Å². The predicted octanol–water partition coefficient (Wildman–Crippen LogP) is -0.345. The number of rotatable bonds is 2. The van der Waals surface area contributed by atoms with E-state index in [1.807, 2.05) is 0 Å². The smallest absolute Gasteiger partial charge is 0.309 e. The number of carboxylic acids is 1. The van der Waals surface area contributed by atoms with Crippen LogP contribution in [0.1, 0.15) is 13.8 Å². The van der Waals surface area contributed by atoms with Crippen LogP contribution in [-0.4, -0.2) is 53.0 Å². The second kappa shape index (κ2) is 6.47. The first-order valence-corrected chi connectivity index (χ1v) is 7.43. The molecule has 2 aliphatic heterocycles. The SMILES string of the molecule is CC(C)(C(=O)O)C1CNC1.O=S1CCNCC1. The highest BCUT2D eigenvalue weighted by atomic mass is 32.2. The van der Waals surface area contributed by atoms with Crippen LogP contribution in [0.3, 0.4) is 0 Å². The lowest BCUT2D eigenvalue weighted by atomic mass is 9.75. The lowest BCUT2D eigenvalue weighted by Gasteiger charge is -2.37. The van der Waals surface area contributed by atoms with E-state index in [-0.39, 0.29) is 0 Å². The zero-order valence-electron chi connectivity index (χ0n) is 10.5. The zero-order chi connectivity index (χ0) is 12.9.